The number of hydrogen-bond donors (Lipinski definition) is 2. The van der Waals surface area contributed by atoms with Gasteiger partial charge in [-0.05, 0) is 57.8 Å². The third kappa shape index (κ3) is 6.52. The molecule has 6 heteroatoms. The van der Waals surface area contributed by atoms with E-state index in [1.807, 2.05) is 6.92 Å². The van der Waals surface area contributed by atoms with E-state index in [1.54, 1.807) is 0 Å². The fourth-order valence-corrected chi connectivity index (χ4v) is 5.40. The lowest BCUT2D eigenvalue weighted by atomic mass is 9.95. The zero-order valence-corrected chi connectivity index (χ0v) is 17.5. The summed E-state index contributed by atoms with van der Waals surface area (Å²) in [6.45, 7) is 8.29. The van der Waals surface area contributed by atoms with E-state index in [4.69, 9.17) is 4.99 Å². The van der Waals surface area contributed by atoms with Gasteiger partial charge in [-0.15, -0.1) is 0 Å². The molecule has 0 aliphatic heterocycles. The Morgan fingerprint density at radius 3 is 2.62 bits per heavy atom. The molecule has 3 saturated carbocycles. The molecule has 3 aliphatic carbocycles. The monoisotopic (exact) mass is 382 g/mol. The van der Waals surface area contributed by atoms with E-state index in [2.05, 4.69) is 22.5 Å². The summed E-state index contributed by atoms with van der Waals surface area (Å²) in [6, 6.07) is 1.25. The Balaban J connectivity index is 1.47. The fourth-order valence-electron chi connectivity index (χ4n) is 4.05. The van der Waals surface area contributed by atoms with Crippen molar-refractivity contribution in [2.75, 3.05) is 31.9 Å². The largest absolute Gasteiger partial charge is 0.357 e. The average molecular weight is 383 g/mol. The molecule has 0 bridgehead atoms. The molecule has 3 aliphatic rings. The van der Waals surface area contributed by atoms with Crippen molar-refractivity contribution in [2.45, 2.75) is 82.5 Å². The van der Waals surface area contributed by atoms with Gasteiger partial charge in [0.1, 0.15) is 0 Å². The maximum Gasteiger partial charge on any atom is 0.191 e. The Bertz CT molecular complexity index is 490. The van der Waals surface area contributed by atoms with Crippen LogP contribution in [0.1, 0.15) is 65.2 Å². The lowest BCUT2D eigenvalue weighted by molar-refractivity contribution is 0.260. The van der Waals surface area contributed by atoms with E-state index in [0.29, 0.717) is 11.3 Å². The lowest BCUT2D eigenvalue weighted by Crippen LogP contribution is -2.47. The third-order valence-corrected chi connectivity index (χ3v) is 7.62. The first kappa shape index (κ1) is 20.1. The van der Waals surface area contributed by atoms with Crippen LogP contribution in [0.25, 0.3) is 0 Å². The van der Waals surface area contributed by atoms with Gasteiger partial charge in [0, 0.05) is 53.5 Å². The van der Waals surface area contributed by atoms with E-state index in [9.17, 15) is 4.21 Å². The molecule has 0 aromatic carbocycles. The SMILES string of the molecule is CCNC(=NCCN(CC1CC1)C1CC1)NC1CCCC(S(=O)CC)C1. The van der Waals surface area contributed by atoms with Crippen molar-refractivity contribution < 1.29 is 4.21 Å². The van der Waals surface area contributed by atoms with Gasteiger partial charge in [0.25, 0.3) is 0 Å². The van der Waals surface area contributed by atoms with Crippen LogP contribution in [0.15, 0.2) is 4.99 Å². The Morgan fingerprint density at radius 1 is 1.15 bits per heavy atom. The molecule has 3 unspecified atom stereocenters. The highest BCUT2D eigenvalue weighted by Gasteiger charge is 2.33. The summed E-state index contributed by atoms with van der Waals surface area (Å²) in [6.07, 6.45) is 10.1. The highest BCUT2D eigenvalue weighted by atomic mass is 32.2. The topological polar surface area (TPSA) is 56.7 Å². The summed E-state index contributed by atoms with van der Waals surface area (Å²) in [5, 5.41) is 7.39. The van der Waals surface area contributed by atoms with Crippen LogP contribution in [0.4, 0.5) is 0 Å². The third-order valence-electron chi connectivity index (χ3n) is 5.88. The predicted octanol–water partition coefficient (Wildman–Crippen LogP) is 2.50. The van der Waals surface area contributed by atoms with Crippen LogP contribution in [0, 0.1) is 5.92 Å². The number of aliphatic imine (C=N–C) groups is 1. The van der Waals surface area contributed by atoms with E-state index >= 15 is 0 Å². The second-order valence-corrected chi connectivity index (χ2v) is 10.2. The van der Waals surface area contributed by atoms with Crippen LogP contribution < -0.4 is 10.6 Å². The van der Waals surface area contributed by atoms with Gasteiger partial charge in [0.15, 0.2) is 5.96 Å². The molecule has 3 rings (SSSR count). The average Bonchev–Trinajstić information content (AvgIpc) is 3.54. The minimum absolute atomic E-state index is 0.359. The number of nitrogens with one attached hydrogen (secondary N) is 2. The van der Waals surface area contributed by atoms with Crippen molar-refractivity contribution in [3.63, 3.8) is 0 Å². The molecule has 0 heterocycles. The van der Waals surface area contributed by atoms with E-state index in [-0.39, 0.29) is 0 Å². The summed E-state index contributed by atoms with van der Waals surface area (Å²) < 4.78 is 12.2. The summed E-state index contributed by atoms with van der Waals surface area (Å²) in [4.78, 5) is 7.52. The smallest absolute Gasteiger partial charge is 0.191 e. The molecule has 0 radical (unpaired) electrons. The maximum atomic E-state index is 12.2. The van der Waals surface area contributed by atoms with Crippen LogP contribution in [0.2, 0.25) is 0 Å². The second kappa shape index (κ2) is 10.1. The van der Waals surface area contributed by atoms with Gasteiger partial charge >= 0.3 is 0 Å². The molecule has 0 aromatic rings. The van der Waals surface area contributed by atoms with Gasteiger partial charge in [0.2, 0.25) is 0 Å². The molecule has 0 saturated heterocycles. The molecular formula is C20H38N4OS. The lowest BCUT2D eigenvalue weighted by Gasteiger charge is -2.30. The first-order valence-electron chi connectivity index (χ1n) is 10.9. The Kier molecular flexibility index (Phi) is 7.79. The zero-order chi connectivity index (χ0) is 18.4. The summed E-state index contributed by atoms with van der Waals surface area (Å²) >= 11 is 0. The number of hydrogen-bond acceptors (Lipinski definition) is 3. The van der Waals surface area contributed by atoms with Crippen molar-refractivity contribution in [3.8, 4) is 0 Å². The molecule has 5 nitrogen and oxygen atoms in total. The van der Waals surface area contributed by atoms with Crippen LogP contribution in [0.3, 0.4) is 0 Å². The Morgan fingerprint density at radius 2 is 1.96 bits per heavy atom. The molecule has 0 spiro atoms. The van der Waals surface area contributed by atoms with Gasteiger partial charge in [-0.1, -0.05) is 13.3 Å². The summed E-state index contributed by atoms with van der Waals surface area (Å²) in [7, 11) is -0.669. The first-order chi connectivity index (χ1) is 12.7. The standard InChI is InChI=1S/C20H38N4OS/c1-3-21-20(23-17-6-5-7-19(14-17)26(25)4-2)22-12-13-24(18-10-11-18)15-16-8-9-16/h16-19H,3-15H2,1-2H3,(H2,21,22,23). The Hall–Kier alpha value is -0.620. The maximum absolute atomic E-state index is 12.2. The van der Waals surface area contributed by atoms with Crippen LogP contribution >= 0.6 is 0 Å². The first-order valence-corrected chi connectivity index (χ1v) is 12.2. The molecule has 2 N–H and O–H groups in total. The highest BCUT2D eigenvalue weighted by molar-refractivity contribution is 7.85. The normalized spacial score (nSPS) is 28.2. The van der Waals surface area contributed by atoms with Gasteiger partial charge in [-0.3, -0.25) is 14.1 Å². The quantitative estimate of drug-likeness (QED) is 0.450. The van der Waals surface area contributed by atoms with Gasteiger partial charge in [0.05, 0.1) is 6.54 Å². The van der Waals surface area contributed by atoms with Crippen LogP contribution in [-0.4, -0.2) is 64.3 Å². The van der Waals surface area contributed by atoms with Crippen molar-refractivity contribution in [1.82, 2.24) is 15.5 Å². The Labute approximate surface area is 162 Å². The van der Waals surface area contributed by atoms with Gasteiger partial charge < -0.3 is 10.6 Å². The van der Waals surface area contributed by atoms with Crippen LogP contribution in [-0.2, 0) is 10.8 Å². The van der Waals surface area contributed by atoms with Gasteiger partial charge in [-0.25, -0.2) is 0 Å². The molecule has 26 heavy (non-hydrogen) atoms. The minimum atomic E-state index is -0.669. The highest BCUT2D eigenvalue weighted by Crippen LogP contribution is 2.34. The van der Waals surface area contributed by atoms with Crippen molar-refractivity contribution in [2.24, 2.45) is 10.9 Å². The number of rotatable bonds is 10. The van der Waals surface area contributed by atoms with E-state index in [1.165, 1.54) is 38.6 Å². The molecular weight excluding hydrogens is 344 g/mol. The fraction of sp³-hybridized carbons (Fsp3) is 0.950. The zero-order valence-electron chi connectivity index (χ0n) is 16.7. The minimum Gasteiger partial charge on any atom is -0.357 e. The van der Waals surface area contributed by atoms with Gasteiger partial charge in [-0.2, -0.15) is 0 Å². The summed E-state index contributed by atoms with van der Waals surface area (Å²) in [5.74, 6) is 2.69. The molecule has 3 fully saturated rings. The van der Waals surface area contributed by atoms with Crippen molar-refractivity contribution in [1.29, 1.82) is 0 Å². The predicted molar refractivity (Wildman–Crippen MR) is 111 cm³/mol. The molecule has 150 valence electrons. The molecule has 3 atom stereocenters. The van der Waals surface area contributed by atoms with E-state index in [0.717, 1.165) is 62.6 Å². The summed E-state index contributed by atoms with van der Waals surface area (Å²) in [5.41, 5.74) is 0. The number of nitrogens with zero attached hydrogens (tertiary/aromatic N) is 2. The van der Waals surface area contributed by atoms with Crippen LogP contribution in [0.5, 0.6) is 0 Å². The molecule has 0 amide bonds. The number of guanidine groups is 1. The van der Waals surface area contributed by atoms with Crippen molar-refractivity contribution >= 4 is 16.8 Å². The second-order valence-electron chi connectivity index (χ2n) is 8.23. The molecule has 0 aromatic heterocycles. The van der Waals surface area contributed by atoms with Crippen molar-refractivity contribution in [3.05, 3.63) is 0 Å². The van der Waals surface area contributed by atoms with E-state index < -0.39 is 10.8 Å².